The Morgan fingerprint density at radius 2 is 2.06 bits per heavy atom. The molecule has 0 aliphatic heterocycles. The SMILES string of the molecule is Cc1n[nH]c(C)c1C(=O)N(CC1CC1)C1CC1. The number of aromatic amines is 1. The molecule has 1 aromatic rings. The van der Waals surface area contributed by atoms with Gasteiger partial charge in [-0.25, -0.2) is 0 Å². The fourth-order valence-corrected chi connectivity index (χ4v) is 2.37. The first-order valence-electron chi connectivity index (χ1n) is 6.49. The fourth-order valence-electron chi connectivity index (χ4n) is 2.37. The van der Waals surface area contributed by atoms with E-state index in [9.17, 15) is 4.79 Å². The summed E-state index contributed by atoms with van der Waals surface area (Å²) < 4.78 is 0. The zero-order valence-electron chi connectivity index (χ0n) is 10.5. The van der Waals surface area contributed by atoms with Gasteiger partial charge in [0, 0.05) is 18.3 Å². The standard InChI is InChI=1S/C13H19N3O/c1-8-12(9(2)15-14-8)13(17)16(11-5-6-11)7-10-3-4-10/h10-11H,3-7H2,1-2H3,(H,14,15). The van der Waals surface area contributed by atoms with Crippen LogP contribution in [0, 0.1) is 19.8 Å². The number of hydrogen-bond donors (Lipinski definition) is 1. The lowest BCUT2D eigenvalue weighted by molar-refractivity contribution is 0.0733. The quantitative estimate of drug-likeness (QED) is 0.865. The first kappa shape index (κ1) is 10.8. The highest BCUT2D eigenvalue weighted by molar-refractivity contribution is 5.96. The van der Waals surface area contributed by atoms with Crippen LogP contribution in [0.15, 0.2) is 0 Å². The Kier molecular flexibility index (Phi) is 2.45. The van der Waals surface area contributed by atoms with Gasteiger partial charge in [-0.05, 0) is 45.4 Å². The molecule has 4 nitrogen and oxygen atoms in total. The molecule has 0 unspecified atom stereocenters. The van der Waals surface area contributed by atoms with Crippen molar-refractivity contribution in [2.24, 2.45) is 5.92 Å². The summed E-state index contributed by atoms with van der Waals surface area (Å²) in [4.78, 5) is 14.6. The van der Waals surface area contributed by atoms with Gasteiger partial charge in [0.2, 0.25) is 0 Å². The molecule has 2 aliphatic carbocycles. The molecule has 1 amide bonds. The summed E-state index contributed by atoms with van der Waals surface area (Å²) in [6, 6.07) is 0.497. The van der Waals surface area contributed by atoms with Crippen molar-refractivity contribution in [3.05, 3.63) is 17.0 Å². The molecule has 0 aromatic carbocycles. The van der Waals surface area contributed by atoms with E-state index < -0.39 is 0 Å². The van der Waals surface area contributed by atoms with Crippen LogP contribution in [0.1, 0.15) is 47.4 Å². The summed E-state index contributed by atoms with van der Waals surface area (Å²) in [5, 5.41) is 7.03. The highest BCUT2D eigenvalue weighted by Gasteiger charge is 2.37. The van der Waals surface area contributed by atoms with Gasteiger partial charge in [0.15, 0.2) is 0 Å². The highest BCUT2D eigenvalue weighted by Crippen LogP contribution is 2.36. The van der Waals surface area contributed by atoms with E-state index in [1.54, 1.807) is 0 Å². The normalized spacial score (nSPS) is 19.4. The number of H-pyrrole nitrogens is 1. The minimum Gasteiger partial charge on any atom is -0.335 e. The van der Waals surface area contributed by atoms with Crippen molar-refractivity contribution in [1.82, 2.24) is 15.1 Å². The third-order valence-electron chi connectivity index (χ3n) is 3.74. The number of rotatable bonds is 4. The summed E-state index contributed by atoms with van der Waals surface area (Å²) in [6.07, 6.45) is 4.93. The van der Waals surface area contributed by atoms with E-state index in [1.165, 1.54) is 25.7 Å². The lowest BCUT2D eigenvalue weighted by Gasteiger charge is -2.22. The zero-order valence-corrected chi connectivity index (χ0v) is 10.5. The van der Waals surface area contributed by atoms with Crippen molar-refractivity contribution in [2.45, 2.75) is 45.6 Å². The van der Waals surface area contributed by atoms with E-state index in [2.05, 4.69) is 15.1 Å². The monoisotopic (exact) mass is 233 g/mol. The number of carbonyl (C=O) groups excluding carboxylic acids is 1. The van der Waals surface area contributed by atoms with Gasteiger partial charge in [0.1, 0.15) is 0 Å². The predicted octanol–water partition coefficient (Wildman–Crippen LogP) is 2.04. The van der Waals surface area contributed by atoms with E-state index >= 15 is 0 Å². The summed E-state index contributed by atoms with van der Waals surface area (Å²) >= 11 is 0. The molecule has 2 fully saturated rings. The van der Waals surface area contributed by atoms with Crippen LogP contribution in [0.4, 0.5) is 0 Å². The number of amides is 1. The average molecular weight is 233 g/mol. The number of nitrogens with one attached hydrogen (secondary N) is 1. The van der Waals surface area contributed by atoms with Gasteiger partial charge in [0.25, 0.3) is 5.91 Å². The van der Waals surface area contributed by atoms with Gasteiger partial charge in [-0.15, -0.1) is 0 Å². The van der Waals surface area contributed by atoms with Crippen LogP contribution in [0.25, 0.3) is 0 Å². The molecule has 1 N–H and O–H groups in total. The first-order valence-corrected chi connectivity index (χ1v) is 6.49. The van der Waals surface area contributed by atoms with Gasteiger partial charge >= 0.3 is 0 Å². The van der Waals surface area contributed by atoms with Crippen molar-refractivity contribution >= 4 is 5.91 Å². The second kappa shape index (κ2) is 3.86. The lowest BCUT2D eigenvalue weighted by Crippen LogP contribution is -2.35. The molecule has 3 rings (SSSR count). The Bertz CT molecular complexity index is 424. The maximum Gasteiger partial charge on any atom is 0.257 e. The number of aryl methyl sites for hydroxylation is 2. The smallest absolute Gasteiger partial charge is 0.257 e. The third-order valence-corrected chi connectivity index (χ3v) is 3.74. The van der Waals surface area contributed by atoms with Gasteiger partial charge in [-0.3, -0.25) is 9.89 Å². The van der Waals surface area contributed by atoms with E-state index in [1.807, 2.05) is 13.8 Å². The van der Waals surface area contributed by atoms with Crippen LogP contribution >= 0.6 is 0 Å². The highest BCUT2D eigenvalue weighted by atomic mass is 16.2. The zero-order chi connectivity index (χ0) is 12.0. The molecule has 0 saturated heterocycles. The number of hydrogen-bond acceptors (Lipinski definition) is 2. The fraction of sp³-hybridized carbons (Fsp3) is 0.692. The van der Waals surface area contributed by atoms with Crippen LogP contribution < -0.4 is 0 Å². The Morgan fingerprint density at radius 1 is 1.35 bits per heavy atom. The molecule has 1 heterocycles. The number of aromatic nitrogens is 2. The van der Waals surface area contributed by atoms with Crippen LogP contribution in [0.3, 0.4) is 0 Å². The molecule has 2 aliphatic rings. The third kappa shape index (κ3) is 2.08. The van der Waals surface area contributed by atoms with E-state index in [4.69, 9.17) is 0 Å². The molecule has 1 aromatic heterocycles. The van der Waals surface area contributed by atoms with E-state index in [0.29, 0.717) is 6.04 Å². The molecule has 4 heteroatoms. The minimum atomic E-state index is 0.183. The van der Waals surface area contributed by atoms with Crippen LogP contribution in [0.5, 0.6) is 0 Å². The maximum atomic E-state index is 12.6. The maximum absolute atomic E-state index is 12.6. The molecule has 0 atom stereocenters. The molecule has 2 saturated carbocycles. The van der Waals surface area contributed by atoms with Gasteiger partial charge in [-0.1, -0.05) is 0 Å². The van der Waals surface area contributed by atoms with E-state index in [0.717, 1.165) is 29.4 Å². The molecule has 0 radical (unpaired) electrons. The molecular weight excluding hydrogens is 214 g/mol. The van der Waals surface area contributed by atoms with Crippen LogP contribution in [0.2, 0.25) is 0 Å². The van der Waals surface area contributed by atoms with Crippen molar-refractivity contribution in [3.63, 3.8) is 0 Å². The topological polar surface area (TPSA) is 49.0 Å². The second-order valence-electron chi connectivity index (χ2n) is 5.44. The Hall–Kier alpha value is -1.32. The summed E-state index contributed by atoms with van der Waals surface area (Å²) in [6.45, 7) is 4.78. The molecule has 17 heavy (non-hydrogen) atoms. The van der Waals surface area contributed by atoms with Crippen molar-refractivity contribution in [1.29, 1.82) is 0 Å². The van der Waals surface area contributed by atoms with Gasteiger partial charge in [-0.2, -0.15) is 5.10 Å². The summed E-state index contributed by atoms with van der Waals surface area (Å²) in [7, 11) is 0. The molecule has 0 bridgehead atoms. The Balaban J connectivity index is 1.82. The Labute approximate surface area is 101 Å². The predicted molar refractivity (Wildman–Crippen MR) is 64.8 cm³/mol. The Morgan fingerprint density at radius 3 is 2.53 bits per heavy atom. The largest absolute Gasteiger partial charge is 0.335 e. The van der Waals surface area contributed by atoms with Crippen molar-refractivity contribution in [3.8, 4) is 0 Å². The second-order valence-corrected chi connectivity index (χ2v) is 5.44. The van der Waals surface area contributed by atoms with Gasteiger partial charge < -0.3 is 4.90 Å². The summed E-state index contributed by atoms with van der Waals surface area (Å²) in [5.74, 6) is 0.940. The van der Waals surface area contributed by atoms with E-state index in [-0.39, 0.29) is 5.91 Å². The van der Waals surface area contributed by atoms with Crippen molar-refractivity contribution in [2.75, 3.05) is 6.54 Å². The van der Waals surface area contributed by atoms with Crippen LogP contribution in [-0.2, 0) is 0 Å². The molecule has 92 valence electrons. The molecule has 0 spiro atoms. The van der Waals surface area contributed by atoms with Crippen molar-refractivity contribution < 1.29 is 4.79 Å². The summed E-state index contributed by atoms with van der Waals surface area (Å²) in [5.41, 5.74) is 2.51. The molecular formula is C13H19N3O. The lowest BCUT2D eigenvalue weighted by atomic mass is 10.1. The first-order chi connectivity index (χ1) is 8.16. The number of carbonyl (C=O) groups is 1. The minimum absolute atomic E-state index is 0.183. The van der Waals surface area contributed by atoms with Gasteiger partial charge in [0.05, 0.1) is 11.3 Å². The van der Waals surface area contributed by atoms with Crippen LogP contribution in [-0.4, -0.2) is 33.6 Å². The average Bonchev–Trinajstić information content (AvgIpc) is 3.16. The number of nitrogens with zero attached hydrogens (tertiary/aromatic N) is 2.